The van der Waals surface area contributed by atoms with Gasteiger partial charge in [0.2, 0.25) is 0 Å². The average Bonchev–Trinajstić information content (AvgIpc) is 2.62. The molecule has 0 aliphatic heterocycles. The minimum Gasteiger partial charge on any atom is -0.410 e. The van der Waals surface area contributed by atoms with Crippen LogP contribution in [0, 0.1) is 30.3 Å². The van der Waals surface area contributed by atoms with Crippen LogP contribution in [-0.4, -0.2) is 20.9 Å². The maximum absolute atomic E-state index is 12.0. The number of nitrogens with zero attached hydrogens (tertiary/aromatic N) is 3. The van der Waals surface area contributed by atoms with Crippen molar-refractivity contribution in [2.45, 2.75) is 13.0 Å². The van der Waals surface area contributed by atoms with Crippen LogP contribution in [0.2, 0.25) is 5.02 Å². The number of hydrogen-bond donors (Lipinski definition) is 1. The van der Waals surface area contributed by atoms with Crippen molar-refractivity contribution in [3.05, 3.63) is 77.3 Å². The molecule has 1 amide bonds. The third-order valence-electron chi connectivity index (χ3n) is 3.55. The van der Waals surface area contributed by atoms with Crippen molar-refractivity contribution in [1.29, 1.82) is 0 Å². The number of carbonyl (C=O) groups excluding carboxylic acids is 1. The highest BCUT2D eigenvalue weighted by atomic mass is 35.5. The standard InChI is InChI=1S/C15H11ClN4O8/c1-8(9-2-4-10(5-3-9)18(22)23)17-15(21)28-11-6-12(19(24)25)14(16)13(7-11)20(26)27/h2-8H,1H3,(H,17,21)/t8-/m1/s1. The lowest BCUT2D eigenvalue weighted by Gasteiger charge is -2.14. The van der Waals surface area contributed by atoms with Crippen molar-refractivity contribution in [3.63, 3.8) is 0 Å². The quantitative estimate of drug-likeness (QED) is 0.551. The van der Waals surface area contributed by atoms with Gasteiger partial charge in [-0.25, -0.2) is 4.79 Å². The van der Waals surface area contributed by atoms with Crippen LogP contribution in [-0.2, 0) is 0 Å². The van der Waals surface area contributed by atoms with Gasteiger partial charge in [0.15, 0.2) is 5.02 Å². The molecule has 0 aliphatic rings. The Morgan fingerprint density at radius 1 is 1.00 bits per heavy atom. The van der Waals surface area contributed by atoms with E-state index in [0.717, 1.165) is 12.1 Å². The maximum Gasteiger partial charge on any atom is 0.413 e. The van der Waals surface area contributed by atoms with E-state index >= 15 is 0 Å². The smallest absolute Gasteiger partial charge is 0.410 e. The molecule has 0 spiro atoms. The Morgan fingerprint density at radius 3 is 1.93 bits per heavy atom. The topological polar surface area (TPSA) is 168 Å². The molecule has 0 aliphatic carbocycles. The Hall–Kier alpha value is -3.80. The van der Waals surface area contributed by atoms with Gasteiger partial charge in [-0.1, -0.05) is 23.7 Å². The number of nitro groups is 3. The van der Waals surface area contributed by atoms with Crippen molar-refractivity contribution < 1.29 is 24.3 Å². The van der Waals surface area contributed by atoms with Crippen LogP contribution in [0.1, 0.15) is 18.5 Å². The molecular weight excluding hydrogens is 400 g/mol. The summed E-state index contributed by atoms with van der Waals surface area (Å²) in [5.74, 6) is -0.448. The fourth-order valence-electron chi connectivity index (χ4n) is 2.18. The first kappa shape index (κ1) is 20.5. The SMILES string of the molecule is C[C@@H](NC(=O)Oc1cc([N+](=O)[O-])c(Cl)c([N+](=O)[O-])c1)c1ccc([N+](=O)[O-])cc1. The molecule has 13 heteroatoms. The summed E-state index contributed by atoms with van der Waals surface area (Å²) in [7, 11) is 0. The minimum absolute atomic E-state index is 0.126. The number of ether oxygens (including phenoxy) is 1. The van der Waals surface area contributed by atoms with Gasteiger partial charge in [0.05, 0.1) is 32.9 Å². The van der Waals surface area contributed by atoms with E-state index in [1.165, 1.54) is 24.3 Å². The Bertz CT molecular complexity index is 928. The number of amides is 1. The lowest BCUT2D eigenvalue weighted by Crippen LogP contribution is -2.29. The molecule has 1 N–H and O–H groups in total. The van der Waals surface area contributed by atoms with Crippen molar-refractivity contribution >= 4 is 34.8 Å². The molecule has 28 heavy (non-hydrogen) atoms. The Morgan fingerprint density at radius 2 is 1.50 bits per heavy atom. The Balaban J connectivity index is 2.17. The molecule has 12 nitrogen and oxygen atoms in total. The highest BCUT2D eigenvalue weighted by molar-refractivity contribution is 6.34. The van der Waals surface area contributed by atoms with Gasteiger partial charge in [0.1, 0.15) is 5.75 Å². The number of hydrogen-bond acceptors (Lipinski definition) is 8. The molecular formula is C15H11ClN4O8. The molecule has 0 aromatic heterocycles. The number of benzene rings is 2. The number of rotatable bonds is 6. The van der Waals surface area contributed by atoms with Gasteiger partial charge < -0.3 is 10.1 Å². The van der Waals surface area contributed by atoms with E-state index in [2.05, 4.69) is 5.32 Å². The van der Waals surface area contributed by atoms with Gasteiger partial charge in [-0.05, 0) is 12.5 Å². The summed E-state index contributed by atoms with van der Waals surface area (Å²) < 4.78 is 4.88. The number of non-ortho nitro benzene ring substituents is 1. The molecule has 0 saturated carbocycles. The van der Waals surface area contributed by atoms with Crippen molar-refractivity contribution in [2.75, 3.05) is 0 Å². The molecule has 0 fully saturated rings. The van der Waals surface area contributed by atoms with Crippen molar-refractivity contribution in [3.8, 4) is 5.75 Å². The van der Waals surface area contributed by atoms with E-state index in [1.807, 2.05) is 0 Å². The third kappa shape index (κ3) is 4.67. The summed E-state index contributed by atoms with van der Waals surface area (Å²) in [5, 5.41) is 34.3. The van der Waals surface area contributed by atoms with Gasteiger partial charge in [-0.3, -0.25) is 30.3 Å². The van der Waals surface area contributed by atoms with Crippen LogP contribution in [0.25, 0.3) is 0 Å². The maximum atomic E-state index is 12.0. The number of nitrogens with one attached hydrogen (secondary N) is 1. The van der Waals surface area contributed by atoms with E-state index in [0.29, 0.717) is 5.56 Å². The van der Waals surface area contributed by atoms with Crippen LogP contribution >= 0.6 is 11.6 Å². The Kier molecular flexibility index (Phi) is 6.05. The van der Waals surface area contributed by atoms with E-state index < -0.39 is 49.1 Å². The van der Waals surface area contributed by atoms with E-state index in [-0.39, 0.29) is 5.69 Å². The zero-order chi connectivity index (χ0) is 21.0. The Labute approximate surface area is 161 Å². The first-order chi connectivity index (χ1) is 13.1. The minimum atomic E-state index is -1.04. The molecule has 0 heterocycles. The summed E-state index contributed by atoms with van der Waals surface area (Å²) in [6.45, 7) is 1.56. The van der Waals surface area contributed by atoms with Gasteiger partial charge in [0.25, 0.3) is 17.1 Å². The second kappa shape index (κ2) is 8.26. The third-order valence-corrected chi connectivity index (χ3v) is 3.94. The summed E-state index contributed by atoms with van der Waals surface area (Å²) >= 11 is 5.62. The van der Waals surface area contributed by atoms with Gasteiger partial charge in [0, 0.05) is 12.1 Å². The van der Waals surface area contributed by atoms with E-state index in [1.54, 1.807) is 6.92 Å². The molecule has 146 valence electrons. The second-order valence-corrected chi connectivity index (χ2v) is 5.77. The molecule has 1 atom stereocenters. The van der Waals surface area contributed by atoms with Crippen molar-refractivity contribution in [2.24, 2.45) is 0 Å². The summed E-state index contributed by atoms with van der Waals surface area (Å²) in [4.78, 5) is 42.1. The molecule has 0 saturated heterocycles. The lowest BCUT2D eigenvalue weighted by atomic mass is 10.1. The number of halogens is 1. The first-order valence-corrected chi connectivity index (χ1v) is 7.83. The monoisotopic (exact) mass is 410 g/mol. The van der Waals surface area contributed by atoms with Crippen LogP contribution in [0.3, 0.4) is 0 Å². The van der Waals surface area contributed by atoms with E-state index in [9.17, 15) is 35.1 Å². The molecule has 0 bridgehead atoms. The zero-order valence-electron chi connectivity index (χ0n) is 14.0. The predicted octanol–water partition coefficient (Wildman–Crippen LogP) is 3.91. The number of carbonyl (C=O) groups is 1. The van der Waals surface area contributed by atoms with Crippen LogP contribution in [0.15, 0.2) is 36.4 Å². The predicted molar refractivity (Wildman–Crippen MR) is 95.4 cm³/mol. The summed E-state index contributed by atoms with van der Waals surface area (Å²) in [6.07, 6.45) is -1.04. The second-order valence-electron chi connectivity index (χ2n) is 5.39. The zero-order valence-corrected chi connectivity index (χ0v) is 14.8. The highest BCUT2D eigenvalue weighted by Crippen LogP contribution is 2.37. The largest absolute Gasteiger partial charge is 0.413 e. The fourth-order valence-corrected chi connectivity index (χ4v) is 2.42. The van der Waals surface area contributed by atoms with Crippen LogP contribution in [0.4, 0.5) is 21.9 Å². The summed E-state index contributed by atoms with van der Waals surface area (Å²) in [5.41, 5.74) is -1.18. The first-order valence-electron chi connectivity index (χ1n) is 7.45. The van der Waals surface area contributed by atoms with Gasteiger partial charge in [-0.2, -0.15) is 0 Å². The number of nitro benzene ring substituents is 3. The molecule has 2 rings (SSSR count). The van der Waals surface area contributed by atoms with Gasteiger partial charge in [-0.15, -0.1) is 0 Å². The summed E-state index contributed by atoms with van der Waals surface area (Å²) in [6, 6.07) is 6.31. The lowest BCUT2D eigenvalue weighted by molar-refractivity contribution is -0.394. The van der Waals surface area contributed by atoms with Crippen LogP contribution < -0.4 is 10.1 Å². The highest BCUT2D eigenvalue weighted by Gasteiger charge is 2.27. The fraction of sp³-hybridized carbons (Fsp3) is 0.133. The van der Waals surface area contributed by atoms with E-state index in [4.69, 9.17) is 16.3 Å². The molecule has 0 unspecified atom stereocenters. The molecule has 0 radical (unpaired) electrons. The molecule has 2 aromatic carbocycles. The normalized spacial score (nSPS) is 11.4. The van der Waals surface area contributed by atoms with Crippen molar-refractivity contribution in [1.82, 2.24) is 5.32 Å². The van der Waals surface area contributed by atoms with Crippen LogP contribution in [0.5, 0.6) is 5.75 Å². The average molecular weight is 411 g/mol. The van der Waals surface area contributed by atoms with Gasteiger partial charge >= 0.3 is 6.09 Å². The molecule has 2 aromatic rings.